The molecule has 1 N–H and O–H groups in total. The van der Waals surface area contributed by atoms with Crippen LogP contribution in [0.2, 0.25) is 0 Å². The molecule has 0 unspecified atom stereocenters. The summed E-state index contributed by atoms with van der Waals surface area (Å²) in [6.45, 7) is 3.56. The van der Waals surface area contributed by atoms with Gasteiger partial charge in [0.05, 0.1) is 24.1 Å². The van der Waals surface area contributed by atoms with Gasteiger partial charge in [0, 0.05) is 40.6 Å². The Morgan fingerprint density at radius 3 is 3.19 bits per heavy atom. The highest BCUT2D eigenvalue weighted by atomic mass is 32.1. The highest BCUT2D eigenvalue weighted by molar-refractivity contribution is 7.13. The molecule has 7 heteroatoms. The third-order valence-electron chi connectivity index (χ3n) is 4.61. The Morgan fingerprint density at radius 1 is 1.38 bits per heavy atom. The monoisotopic (exact) mass is 361 g/mol. The third-order valence-corrected chi connectivity index (χ3v) is 5.57. The average Bonchev–Trinajstić information content (AvgIpc) is 3.34. The van der Waals surface area contributed by atoms with E-state index < -0.39 is 0 Å². The van der Waals surface area contributed by atoms with Crippen LogP contribution < -0.4 is 4.74 Å². The van der Waals surface area contributed by atoms with Crippen molar-refractivity contribution in [1.29, 1.82) is 5.26 Å². The first-order valence-electron chi connectivity index (χ1n) is 8.43. The number of pyridine rings is 1. The van der Waals surface area contributed by atoms with E-state index in [0.717, 1.165) is 57.1 Å². The molecule has 5 heterocycles. The summed E-state index contributed by atoms with van der Waals surface area (Å²) < 4.78 is 7.79. The third kappa shape index (κ3) is 2.16. The second-order valence-electron chi connectivity index (χ2n) is 6.27. The van der Waals surface area contributed by atoms with Gasteiger partial charge in [-0.3, -0.25) is 0 Å². The zero-order valence-corrected chi connectivity index (χ0v) is 14.9. The van der Waals surface area contributed by atoms with Gasteiger partial charge in [-0.2, -0.15) is 10.4 Å². The molecule has 0 spiro atoms. The lowest BCUT2D eigenvalue weighted by Gasteiger charge is -2.16. The van der Waals surface area contributed by atoms with Gasteiger partial charge >= 0.3 is 0 Å². The van der Waals surface area contributed by atoms with Crippen LogP contribution in [0.5, 0.6) is 5.88 Å². The number of thiophene rings is 1. The van der Waals surface area contributed by atoms with E-state index in [4.69, 9.17) is 4.74 Å². The number of nitrogens with zero attached hydrogens (tertiary/aromatic N) is 4. The molecular weight excluding hydrogens is 346 g/mol. The van der Waals surface area contributed by atoms with Crippen molar-refractivity contribution in [1.82, 2.24) is 19.7 Å². The van der Waals surface area contributed by atoms with Crippen molar-refractivity contribution in [3.05, 3.63) is 40.3 Å². The van der Waals surface area contributed by atoms with Crippen molar-refractivity contribution in [3.8, 4) is 34.3 Å². The fourth-order valence-corrected chi connectivity index (χ4v) is 4.34. The van der Waals surface area contributed by atoms with Crippen LogP contribution in [0.15, 0.2) is 30.6 Å². The molecule has 0 bridgehead atoms. The molecular formula is C19H15N5OS. The maximum Gasteiger partial charge on any atom is 0.221 e. The minimum atomic E-state index is 0.688. The summed E-state index contributed by atoms with van der Waals surface area (Å²) >= 11 is 1.51. The van der Waals surface area contributed by atoms with Gasteiger partial charge in [0.2, 0.25) is 5.88 Å². The van der Waals surface area contributed by atoms with E-state index in [9.17, 15) is 5.26 Å². The van der Waals surface area contributed by atoms with Gasteiger partial charge in [-0.15, -0.1) is 11.3 Å². The molecule has 128 valence electrons. The molecule has 6 nitrogen and oxygen atoms in total. The second kappa shape index (κ2) is 5.71. The summed E-state index contributed by atoms with van der Waals surface area (Å²) in [6, 6.07) is 8.35. The molecule has 0 fully saturated rings. The van der Waals surface area contributed by atoms with Crippen LogP contribution in [-0.4, -0.2) is 26.4 Å². The van der Waals surface area contributed by atoms with E-state index in [0.29, 0.717) is 11.5 Å². The summed E-state index contributed by atoms with van der Waals surface area (Å²) in [5, 5.41) is 15.1. The molecule has 0 radical (unpaired) electrons. The molecule has 0 amide bonds. The number of hydrogen-bond acceptors (Lipinski definition) is 5. The molecule has 0 atom stereocenters. The van der Waals surface area contributed by atoms with E-state index in [1.807, 2.05) is 29.9 Å². The fraction of sp³-hybridized carbons (Fsp3) is 0.211. The predicted octanol–water partition coefficient (Wildman–Crippen LogP) is 4.12. The Balaban J connectivity index is 1.84. The minimum absolute atomic E-state index is 0.688. The Hall–Kier alpha value is -3.11. The zero-order chi connectivity index (χ0) is 17.7. The van der Waals surface area contributed by atoms with Crippen LogP contribution in [-0.2, 0) is 6.54 Å². The fourth-order valence-electron chi connectivity index (χ4n) is 3.53. The Morgan fingerprint density at radius 2 is 2.31 bits per heavy atom. The summed E-state index contributed by atoms with van der Waals surface area (Å²) in [4.78, 5) is 9.71. The molecule has 5 rings (SSSR count). The SMILES string of the molecule is Cc1cc(-c2c(-c3cnn4c3OCCC4)[nH]c3ncccc23)c(C#N)s1. The largest absolute Gasteiger partial charge is 0.477 e. The Bertz CT molecular complexity index is 1180. The topological polar surface area (TPSA) is 79.5 Å². The lowest BCUT2D eigenvalue weighted by atomic mass is 10.0. The number of hydrogen-bond donors (Lipinski definition) is 1. The summed E-state index contributed by atoms with van der Waals surface area (Å²) in [5.41, 5.74) is 4.52. The van der Waals surface area contributed by atoms with Crippen molar-refractivity contribution in [2.24, 2.45) is 0 Å². The predicted molar refractivity (Wildman–Crippen MR) is 100 cm³/mol. The van der Waals surface area contributed by atoms with E-state index in [1.165, 1.54) is 11.3 Å². The van der Waals surface area contributed by atoms with E-state index in [1.54, 1.807) is 6.20 Å². The highest BCUT2D eigenvalue weighted by Gasteiger charge is 2.25. The van der Waals surface area contributed by atoms with E-state index >= 15 is 0 Å². The van der Waals surface area contributed by atoms with Crippen molar-refractivity contribution in [3.63, 3.8) is 0 Å². The summed E-state index contributed by atoms with van der Waals surface area (Å²) in [6.07, 6.45) is 4.55. The minimum Gasteiger partial charge on any atom is -0.477 e. The molecule has 26 heavy (non-hydrogen) atoms. The smallest absolute Gasteiger partial charge is 0.221 e. The van der Waals surface area contributed by atoms with Gasteiger partial charge in [-0.25, -0.2) is 9.67 Å². The molecule has 0 saturated heterocycles. The molecule has 0 saturated carbocycles. The maximum atomic E-state index is 9.61. The van der Waals surface area contributed by atoms with Crippen LogP contribution in [0, 0.1) is 18.3 Å². The number of aromatic amines is 1. The molecule has 0 aliphatic carbocycles. The molecule has 4 aromatic heterocycles. The van der Waals surface area contributed by atoms with Gasteiger partial charge in [0.15, 0.2) is 0 Å². The number of rotatable bonds is 2. The van der Waals surface area contributed by atoms with Crippen LogP contribution in [0.25, 0.3) is 33.4 Å². The van der Waals surface area contributed by atoms with Gasteiger partial charge in [-0.05, 0) is 25.1 Å². The Kier molecular flexibility index (Phi) is 3.33. The molecule has 4 aromatic rings. The van der Waals surface area contributed by atoms with Gasteiger partial charge < -0.3 is 9.72 Å². The van der Waals surface area contributed by atoms with Crippen LogP contribution in [0.1, 0.15) is 16.2 Å². The first-order valence-corrected chi connectivity index (χ1v) is 9.24. The average molecular weight is 361 g/mol. The number of aromatic nitrogens is 4. The first kappa shape index (κ1) is 15.2. The second-order valence-corrected chi connectivity index (χ2v) is 7.53. The van der Waals surface area contributed by atoms with Crippen molar-refractivity contribution < 1.29 is 4.74 Å². The maximum absolute atomic E-state index is 9.61. The highest BCUT2D eigenvalue weighted by Crippen LogP contribution is 2.44. The standard InChI is InChI=1S/C19H15N5OS/c1-11-8-13(15(9-20)26-11)16-12-4-2-5-21-18(12)23-17(16)14-10-22-24-6-3-7-25-19(14)24/h2,4-5,8,10H,3,6-7H2,1H3,(H,21,23). The number of nitrogens with one attached hydrogen (secondary N) is 1. The number of ether oxygens (including phenoxy) is 1. The quantitative estimate of drug-likeness (QED) is 0.582. The lowest BCUT2D eigenvalue weighted by molar-refractivity contribution is 0.231. The Labute approximate surface area is 153 Å². The van der Waals surface area contributed by atoms with Gasteiger partial charge in [-0.1, -0.05) is 0 Å². The van der Waals surface area contributed by atoms with Crippen molar-refractivity contribution >= 4 is 22.4 Å². The van der Waals surface area contributed by atoms with Crippen LogP contribution >= 0.6 is 11.3 Å². The first-order chi connectivity index (χ1) is 12.8. The summed E-state index contributed by atoms with van der Waals surface area (Å²) in [5.74, 6) is 0.773. The lowest BCUT2D eigenvalue weighted by Crippen LogP contribution is -2.14. The van der Waals surface area contributed by atoms with Crippen LogP contribution in [0.3, 0.4) is 0 Å². The molecule has 1 aliphatic rings. The van der Waals surface area contributed by atoms with Gasteiger partial charge in [0.25, 0.3) is 0 Å². The summed E-state index contributed by atoms with van der Waals surface area (Å²) in [7, 11) is 0. The van der Waals surface area contributed by atoms with E-state index in [2.05, 4.69) is 27.2 Å². The van der Waals surface area contributed by atoms with E-state index in [-0.39, 0.29) is 0 Å². The normalized spacial score (nSPS) is 13.4. The van der Waals surface area contributed by atoms with Crippen molar-refractivity contribution in [2.75, 3.05) is 6.61 Å². The molecule has 1 aliphatic heterocycles. The number of aryl methyl sites for hydroxylation is 2. The van der Waals surface area contributed by atoms with Crippen LogP contribution in [0.4, 0.5) is 0 Å². The number of H-pyrrole nitrogens is 1. The number of fused-ring (bicyclic) bond motifs is 2. The van der Waals surface area contributed by atoms with Crippen molar-refractivity contribution in [2.45, 2.75) is 19.9 Å². The van der Waals surface area contributed by atoms with Gasteiger partial charge in [0.1, 0.15) is 16.6 Å². The molecule has 0 aromatic carbocycles. The zero-order valence-electron chi connectivity index (χ0n) is 14.1. The number of nitriles is 1.